The zero-order valence-electron chi connectivity index (χ0n) is 36.1. The molecule has 7 heterocycles. The summed E-state index contributed by atoms with van der Waals surface area (Å²) < 4.78 is 0. The summed E-state index contributed by atoms with van der Waals surface area (Å²) in [6.07, 6.45) is 8.74. The van der Waals surface area contributed by atoms with Crippen LogP contribution in [0.2, 0.25) is 0 Å². The monoisotopic (exact) mass is 847 g/mol. The van der Waals surface area contributed by atoms with Crippen molar-refractivity contribution < 1.29 is 24.0 Å². The largest absolute Gasteiger partial charge is 0.368 e. The molecule has 10 rings (SSSR count). The van der Waals surface area contributed by atoms with Gasteiger partial charge in [0.25, 0.3) is 17.7 Å². The van der Waals surface area contributed by atoms with Gasteiger partial charge in [-0.15, -0.1) is 0 Å². The van der Waals surface area contributed by atoms with E-state index in [0.717, 1.165) is 108 Å². The number of likely N-dealkylation sites (tertiary alicyclic amines) is 2. The summed E-state index contributed by atoms with van der Waals surface area (Å²) in [7, 11) is 3.53. The van der Waals surface area contributed by atoms with E-state index in [0.29, 0.717) is 34.6 Å². The first-order valence-corrected chi connectivity index (χ1v) is 22.3. The van der Waals surface area contributed by atoms with Crippen LogP contribution in [0, 0.1) is 12.8 Å². The molecular formula is C49H53N9O5. The van der Waals surface area contributed by atoms with Crippen LogP contribution in [0.1, 0.15) is 86.6 Å². The molecule has 1 unspecified atom stereocenters. The van der Waals surface area contributed by atoms with E-state index >= 15 is 0 Å². The van der Waals surface area contributed by atoms with E-state index in [2.05, 4.69) is 49.3 Å². The van der Waals surface area contributed by atoms with Crippen LogP contribution in [0.4, 0.5) is 5.69 Å². The number of carbonyl (C=O) groups excluding carboxylic acids is 5. The average molecular weight is 848 g/mol. The molecule has 3 aromatic carbocycles. The Hall–Kier alpha value is -6.25. The maximum Gasteiger partial charge on any atom is 0.262 e. The van der Waals surface area contributed by atoms with Gasteiger partial charge in [-0.25, -0.2) is 9.97 Å². The number of aromatic amines is 1. The van der Waals surface area contributed by atoms with Crippen LogP contribution in [0.5, 0.6) is 0 Å². The highest BCUT2D eigenvalue weighted by Gasteiger charge is 2.45. The van der Waals surface area contributed by atoms with E-state index in [1.54, 1.807) is 31.1 Å². The van der Waals surface area contributed by atoms with Gasteiger partial charge in [-0.05, 0) is 118 Å². The topological polar surface area (TPSA) is 155 Å². The van der Waals surface area contributed by atoms with Crippen molar-refractivity contribution in [2.75, 3.05) is 64.8 Å². The van der Waals surface area contributed by atoms with Crippen molar-refractivity contribution in [3.05, 3.63) is 101 Å². The minimum absolute atomic E-state index is 0.0104. The van der Waals surface area contributed by atoms with E-state index in [4.69, 9.17) is 9.97 Å². The zero-order chi connectivity index (χ0) is 43.5. The first-order chi connectivity index (χ1) is 30.5. The van der Waals surface area contributed by atoms with E-state index in [9.17, 15) is 24.0 Å². The summed E-state index contributed by atoms with van der Waals surface area (Å²) in [6, 6.07) is 19.7. The Kier molecular flexibility index (Phi) is 10.7. The molecule has 5 amide bonds. The van der Waals surface area contributed by atoms with Crippen molar-refractivity contribution in [3.8, 4) is 22.4 Å². The van der Waals surface area contributed by atoms with Gasteiger partial charge < -0.3 is 19.7 Å². The highest BCUT2D eigenvalue weighted by Crippen LogP contribution is 2.36. The third-order valence-corrected chi connectivity index (χ3v) is 14.2. The molecule has 4 fully saturated rings. The Morgan fingerprint density at radius 2 is 1.54 bits per heavy atom. The number of hydrogen-bond acceptors (Lipinski definition) is 10. The van der Waals surface area contributed by atoms with Crippen molar-refractivity contribution in [1.29, 1.82) is 0 Å². The molecule has 0 aliphatic carbocycles. The number of benzene rings is 3. The molecule has 1 atom stereocenters. The molecular weight excluding hydrogens is 795 g/mol. The fourth-order valence-corrected chi connectivity index (χ4v) is 10.4. The Morgan fingerprint density at radius 1 is 0.810 bits per heavy atom. The molecule has 0 radical (unpaired) electrons. The normalized spacial score (nSPS) is 20.7. The predicted molar refractivity (Wildman–Crippen MR) is 239 cm³/mol. The number of aryl methyl sites for hydroxylation is 1. The summed E-state index contributed by atoms with van der Waals surface area (Å²) in [5, 5.41) is 2.26. The van der Waals surface area contributed by atoms with Crippen molar-refractivity contribution >= 4 is 46.4 Å². The fourth-order valence-electron chi connectivity index (χ4n) is 10.4. The van der Waals surface area contributed by atoms with Crippen LogP contribution >= 0.6 is 0 Å². The summed E-state index contributed by atoms with van der Waals surface area (Å²) in [6.45, 7) is 9.31. The van der Waals surface area contributed by atoms with Gasteiger partial charge in [0.15, 0.2) is 5.65 Å². The van der Waals surface area contributed by atoms with Gasteiger partial charge in [-0.3, -0.25) is 39.1 Å². The molecule has 2 N–H and O–H groups in total. The van der Waals surface area contributed by atoms with Gasteiger partial charge in [0.05, 0.1) is 23.0 Å². The van der Waals surface area contributed by atoms with Crippen molar-refractivity contribution in [1.82, 2.24) is 39.9 Å². The molecule has 2 aromatic heterocycles. The van der Waals surface area contributed by atoms with Crippen LogP contribution < -0.4 is 10.2 Å². The number of rotatable bonds is 9. The average Bonchev–Trinajstić information content (AvgIpc) is 3.81. The number of H-pyrrole nitrogens is 1. The lowest BCUT2D eigenvalue weighted by Crippen LogP contribution is -2.61. The van der Waals surface area contributed by atoms with Gasteiger partial charge in [0.1, 0.15) is 11.6 Å². The van der Waals surface area contributed by atoms with Crippen molar-refractivity contribution in [2.45, 2.75) is 63.5 Å². The fraction of sp³-hybridized carbons (Fsp3) is 0.408. The van der Waals surface area contributed by atoms with Gasteiger partial charge in [-0.1, -0.05) is 36.4 Å². The molecule has 0 spiro atoms. The molecule has 0 saturated carbocycles. The van der Waals surface area contributed by atoms with Crippen LogP contribution in [0.3, 0.4) is 0 Å². The number of carbonyl (C=O) groups is 5. The summed E-state index contributed by atoms with van der Waals surface area (Å²) in [5.74, 6) is -0.673. The standard InChI is InChI=1S/C49H53N9O5/c1-29-22-34(8-10-37(29)47(61)54(2)3)40-24-50-45-44(40)52-41(25-51-45)33-6-4-31(5-7-33)32-16-18-55(19-17-32)26-30-14-20-56(21-15-30)36-27-57(28-36)35-9-11-38-39(23-35)49(63)58(48(38)62)42-12-13-43(59)53-46(42)60/h4-11,22-25,30,32,36,42H,12-21,26-28H2,1-3H3,(H,50,51)(H,53,59,60). The highest BCUT2D eigenvalue weighted by atomic mass is 16.2. The Bertz CT molecular complexity index is 2640. The lowest BCUT2D eigenvalue weighted by Gasteiger charge is -2.49. The Labute approximate surface area is 366 Å². The molecule has 5 aliphatic heterocycles. The van der Waals surface area contributed by atoms with Gasteiger partial charge in [0.2, 0.25) is 11.8 Å². The lowest BCUT2D eigenvalue weighted by atomic mass is 9.87. The number of nitrogens with zero attached hydrogens (tertiary/aromatic N) is 7. The maximum absolute atomic E-state index is 13.3. The second kappa shape index (κ2) is 16.5. The number of anilines is 1. The van der Waals surface area contributed by atoms with Gasteiger partial charge in [-0.2, -0.15) is 0 Å². The number of hydrogen-bond donors (Lipinski definition) is 2. The smallest absolute Gasteiger partial charge is 0.262 e. The third-order valence-electron chi connectivity index (χ3n) is 14.2. The number of piperidine rings is 3. The summed E-state index contributed by atoms with van der Waals surface area (Å²) in [5.41, 5.74) is 9.93. The lowest BCUT2D eigenvalue weighted by molar-refractivity contribution is -0.136. The number of aromatic nitrogens is 3. The molecule has 4 saturated heterocycles. The minimum Gasteiger partial charge on any atom is -0.368 e. The zero-order valence-corrected chi connectivity index (χ0v) is 36.1. The number of amides is 5. The molecule has 63 heavy (non-hydrogen) atoms. The van der Waals surface area contributed by atoms with E-state index in [-0.39, 0.29) is 24.7 Å². The number of fused-ring (bicyclic) bond motifs is 2. The maximum atomic E-state index is 13.3. The van der Waals surface area contributed by atoms with Crippen LogP contribution in [-0.2, 0) is 9.59 Å². The van der Waals surface area contributed by atoms with Gasteiger partial charge in [0, 0.05) is 74.8 Å². The summed E-state index contributed by atoms with van der Waals surface area (Å²) in [4.78, 5) is 86.4. The summed E-state index contributed by atoms with van der Waals surface area (Å²) >= 11 is 0. The van der Waals surface area contributed by atoms with Crippen LogP contribution in [0.15, 0.2) is 73.1 Å². The number of nitrogens with one attached hydrogen (secondary N) is 2. The predicted octanol–water partition coefficient (Wildman–Crippen LogP) is 5.48. The quantitative estimate of drug-likeness (QED) is 0.182. The SMILES string of the molecule is Cc1cc(-c2c[nH]c3ncc(-c4ccc(C5CCN(CC6CCN(C7CN(c8ccc9c(c8)C(=O)N(C8CCC(=O)NC8=O)C9=O)C7)CC6)CC5)cc4)nc23)ccc1C(=O)N(C)C. The molecule has 14 nitrogen and oxygen atoms in total. The van der Waals surface area contributed by atoms with E-state index in [1.807, 2.05) is 43.6 Å². The van der Waals surface area contributed by atoms with Crippen LogP contribution in [0.25, 0.3) is 33.5 Å². The molecule has 324 valence electrons. The highest BCUT2D eigenvalue weighted by molar-refractivity contribution is 6.23. The second-order valence-corrected chi connectivity index (χ2v) is 18.3. The van der Waals surface area contributed by atoms with E-state index < -0.39 is 23.8 Å². The van der Waals surface area contributed by atoms with E-state index in [1.165, 1.54) is 18.4 Å². The van der Waals surface area contributed by atoms with Crippen LogP contribution in [-0.4, -0.2) is 136 Å². The number of imide groups is 2. The van der Waals surface area contributed by atoms with Crippen molar-refractivity contribution in [2.24, 2.45) is 5.92 Å². The second-order valence-electron chi connectivity index (χ2n) is 18.3. The minimum atomic E-state index is -0.957. The first-order valence-electron chi connectivity index (χ1n) is 22.3. The Balaban J connectivity index is 0.684. The third kappa shape index (κ3) is 7.69. The van der Waals surface area contributed by atoms with Gasteiger partial charge >= 0.3 is 0 Å². The molecule has 0 bridgehead atoms. The first kappa shape index (κ1) is 40.8. The molecule has 5 aliphatic rings. The molecule has 14 heteroatoms. The molecule has 5 aromatic rings. The Morgan fingerprint density at radius 3 is 2.25 bits per heavy atom. The van der Waals surface area contributed by atoms with Crippen molar-refractivity contribution in [3.63, 3.8) is 0 Å².